The number of carbonyl (C=O) groups excluding carboxylic acids is 1. The van der Waals surface area contributed by atoms with Gasteiger partial charge in [0.05, 0.1) is 32.0 Å². The van der Waals surface area contributed by atoms with Gasteiger partial charge in [-0.1, -0.05) is 202 Å². The number of aliphatic hydroxyl groups is 8. The summed E-state index contributed by atoms with van der Waals surface area (Å²) >= 11 is 0. The van der Waals surface area contributed by atoms with E-state index in [9.17, 15) is 45.6 Å². The number of hydrogen-bond donors (Lipinski definition) is 9. The van der Waals surface area contributed by atoms with Crippen LogP contribution in [0.25, 0.3) is 0 Å². The first-order chi connectivity index (χ1) is 36.6. The normalized spacial score (nSPS) is 25.6. The molecule has 12 atom stereocenters. The summed E-state index contributed by atoms with van der Waals surface area (Å²) < 4.78 is 22.7. The zero-order valence-electron chi connectivity index (χ0n) is 46.5. The molecule has 12 unspecified atom stereocenters. The molecular weight excluding hydrogens is 955 g/mol. The molecule has 0 aromatic carbocycles. The molecule has 2 saturated heterocycles. The lowest BCUT2D eigenvalue weighted by Gasteiger charge is -2.46. The monoisotopic (exact) mass is 1060 g/mol. The molecule has 9 N–H and O–H groups in total. The molecule has 2 aliphatic heterocycles. The van der Waals surface area contributed by atoms with Crippen molar-refractivity contribution in [1.82, 2.24) is 5.32 Å². The predicted octanol–water partition coefficient (Wildman–Crippen LogP) is 9.94. The van der Waals surface area contributed by atoms with E-state index in [-0.39, 0.29) is 18.9 Å². The smallest absolute Gasteiger partial charge is 0.220 e. The van der Waals surface area contributed by atoms with Gasteiger partial charge in [-0.3, -0.25) is 4.79 Å². The zero-order valence-corrected chi connectivity index (χ0v) is 46.5. The third-order valence-corrected chi connectivity index (χ3v) is 14.1. The van der Waals surface area contributed by atoms with Crippen LogP contribution in [-0.4, -0.2) is 140 Å². The number of ether oxygens (including phenoxy) is 4. The van der Waals surface area contributed by atoms with E-state index >= 15 is 0 Å². The van der Waals surface area contributed by atoms with Crippen molar-refractivity contribution in [3.63, 3.8) is 0 Å². The number of hydrogen-bond acceptors (Lipinski definition) is 13. The summed E-state index contributed by atoms with van der Waals surface area (Å²) in [4.78, 5) is 13.2. The van der Waals surface area contributed by atoms with Gasteiger partial charge in [0.1, 0.15) is 48.8 Å². The minimum Gasteiger partial charge on any atom is -0.394 e. The molecule has 0 bridgehead atoms. The van der Waals surface area contributed by atoms with Gasteiger partial charge < -0.3 is 65.1 Å². The number of amides is 1. The van der Waals surface area contributed by atoms with E-state index < -0.39 is 86.8 Å². The molecule has 0 radical (unpaired) electrons. The second-order valence-corrected chi connectivity index (χ2v) is 20.7. The molecule has 0 aromatic heterocycles. The van der Waals surface area contributed by atoms with Crippen LogP contribution >= 0.6 is 0 Å². The van der Waals surface area contributed by atoms with E-state index in [0.717, 1.165) is 57.8 Å². The Hall–Kier alpha value is -2.57. The van der Waals surface area contributed by atoms with Crippen LogP contribution < -0.4 is 5.32 Å². The Morgan fingerprint density at radius 1 is 0.480 bits per heavy atom. The van der Waals surface area contributed by atoms with Crippen molar-refractivity contribution >= 4 is 5.91 Å². The van der Waals surface area contributed by atoms with Crippen LogP contribution in [0.2, 0.25) is 0 Å². The highest BCUT2D eigenvalue weighted by Crippen LogP contribution is 2.30. The SMILES string of the molecule is CCCC/C=C/CC/C=C/CC/C=C/C(O)C(COC1OC(CO)C(OC2OC(CO)C(O)C(O)C2O)C(O)C1O)NC(=O)CCCCCCCCCCCCCCCC/C=C\C/C=C\C/C=C\CCCCCCC. The molecule has 434 valence electrons. The van der Waals surface area contributed by atoms with Gasteiger partial charge >= 0.3 is 0 Å². The first-order valence-electron chi connectivity index (χ1n) is 29.7. The number of rotatable bonds is 46. The van der Waals surface area contributed by atoms with Crippen molar-refractivity contribution < 1.29 is 64.6 Å². The Morgan fingerprint density at radius 3 is 1.44 bits per heavy atom. The Bertz CT molecular complexity index is 1530. The van der Waals surface area contributed by atoms with Gasteiger partial charge in [-0.05, 0) is 77.0 Å². The number of nitrogens with one attached hydrogen (secondary N) is 1. The van der Waals surface area contributed by atoms with Crippen LogP contribution in [0.4, 0.5) is 0 Å². The maximum Gasteiger partial charge on any atom is 0.220 e. The second kappa shape index (κ2) is 46.4. The fourth-order valence-corrected chi connectivity index (χ4v) is 9.26. The third-order valence-electron chi connectivity index (χ3n) is 14.1. The van der Waals surface area contributed by atoms with Crippen LogP contribution in [0.15, 0.2) is 72.9 Å². The van der Waals surface area contributed by atoms with Gasteiger partial charge in [0.15, 0.2) is 12.6 Å². The van der Waals surface area contributed by atoms with Crippen LogP contribution in [0.3, 0.4) is 0 Å². The first-order valence-corrected chi connectivity index (χ1v) is 29.7. The lowest BCUT2D eigenvalue weighted by atomic mass is 9.97. The standard InChI is InChI=1S/C61H107NO13/c1-3-5-7-9-11-13-15-17-18-19-20-21-22-23-24-25-26-27-28-29-30-31-32-33-35-37-39-41-43-45-53(66)62-49(50(65)44-42-40-38-36-34-16-14-12-10-8-6-4-2)48-72-60-58(71)56(69)59(52(47-64)74-60)75-61-57(70)55(68)54(67)51(46-63)73-61/h10,12,15,17,19-20,22-23,34,36,42,44,49-52,54-61,63-65,67-71H,3-9,11,13-14,16,18,21,24-33,35,37-41,43,45-48H2,1-2H3,(H,62,66)/b12-10+,17-15-,20-19-,23-22-,36-34+,44-42+. The van der Waals surface area contributed by atoms with Gasteiger partial charge in [0.25, 0.3) is 0 Å². The van der Waals surface area contributed by atoms with Crippen LogP contribution in [0, 0.1) is 0 Å². The molecule has 2 rings (SSSR count). The summed E-state index contributed by atoms with van der Waals surface area (Å²) in [7, 11) is 0. The topological polar surface area (TPSA) is 228 Å². The number of aliphatic hydroxyl groups excluding tert-OH is 8. The van der Waals surface area contributed by atoms with Gasteiger partial charge in [-0.2, -0.15) is 0 Å². The van der Waals surface area contributed by atoms with Crippen molar-refractivity contribution in [3.05, 3.63) is 72.9 Å². The predicted molar refractivity (Wildman–Crippen MR) is 300 cm³/mol. The van der Waals surface area contributed by atoms with Crippen LogP contribution in [0.1, 0.15) is 213 Å². The summed E-state index contributed by atoms with van der Waals surface area (Å²) in [6.45, 7) is 2.70. The number of unbranched alkanes of at least 4 members (excludes halogenated alkanes) is 23. The molecule has 0 spiro atoms. The Kier molecular flexibility index (Phi) is 42.4. The van der Waals surface area contributed by atoms with E-state index in [1.807, 2.05) is 6.08 Å². The molecule has 14 nitrogen and oxygen atoms in total. The first kappa shape index (κ1) is 68.5. The lowest BCUT2D eigenvalue weighted by Crippen LogP contribution is -2.65. The van der Waals surface area contributed by atoms with E-state index in [2.05, 4.69) is 79.9 Å². The number of allylic oxidation sites excluding steroid dienone is 11. The maximum atomic E-state index is 13.2. The summed E-state index contributed by atoms with van der Waals surface area (Å²) in [5, 5.41) is 86.9. The third kappa shape index (κ3) is 32.2. The molecule has 2 heterocycles. The minimum atomic E-state index is -1.79. The molecular formula is C61H107NO13. The Balaban J connectivity index is 1.69. The molecule has 1 amide bonds. The van der Waals surface area contributed by atoms with Crippen molar-refractivity contribution in [2.24, 2.45) is 0 Å². The molecule has 2 aliphatic rings. The average molecular weight is 1060 g/mol. The molecule has 2 fully saturated rings. The van der Waals surface area contributed by atoms with E-state index in [1.54, 1.807) is 6.08 Å². The summed E-state index contributed by atoms with van der Waals surface area (Å²) in [5.41, 5.74) is 0. The van der Waals surface area contributed by atoms with E-state index in [1.165, 1.54) is 122 Å². The number of carbonyl (C=O) groups is 1. The van der Waals surface area contributed by atoms with Crippen molar-refractivity contribution in [2.75, 3.05) is 19.8 Å². The van der Waals surface area contributed by atoms with Gasteiger partial charge in [0, 0.05) is 6.42 Å². The maximum absolute atomic E-state index is 13.2. The summed E-state index contributed by atoms with van der Waals surface area (Å²) in [6.07, 6.45) is 43.9. The quantitative estimate of drug-likeness (QED) is 0.0205. The van der Waals surface area contributed by atoms with Crippen molar-refractivity contribution in [3.8, 4) is 0 Å². The highest BCUT2D eigenvalue weighted by atomic mass is 16.7. The summed E-state index contributed by atoms with van der Waals surface area (Å²) in [5.74, 6) is -0.258. The molecule has 14 heteroatoms. The van der Waals surface area contributed by atoms with Crippen molar-refractivity contribution in [2.45, 2.75) is 286 Å². The van der Waals surface area contributed by atoms with Crippen molar-refractivity contribution in [1.29, 1.82) is 0 Å². The van der Waals surface area contributed by atoms with Gasteiger partial charge in [-0.15, -0.1) is 0 Å². The highest BCUT2D eigenvalue weighted by molar-refractivity contribution is 5.76. The molecule has 75 heavy (non-hydrogen) atoms. The zero-order chi connectivity index (χ0) is 54.6. The van der Waals surface area contributed by atoms with Crippen LogP contribution in [-0.2, 0) is 23.7 Å². The van der Waals surface area contributed by atoms with E-state index in [0.29, 0.717) is 12.8 Å². The Labute approximate surface area is 453 Å². The van der Waals surface area contributed by atoms with Gasteiger partial charge in [0.2, 0.25) is 5.91 Å². The lowest BCUT2D eigenvalue weighted by molar-refractivity contribution is -0.359. The van der Waals surface area contributed by atoms with Gasteiger partial charge in [-0.25, -0.2) is 0 Å². The highest BCUT2D eigenvalue weighted by Gasteiger charge is 2.51. The molecule has 0 aromatic rings. The fourth-order valence-electron chi connectivity index (χ4n) is 9.26. The Morgan fingerprint density at radius 2 is 0.907 bits per heavy atom. The van der Waals surface area contributed by atoms with Crippen LogP contribution in [0.5, 0.6) is 0 Å². The fraction of sp³-hybridized carbons (Fsp3) is 0.787. The summed E-state index contributed by atoms with van der Waals surface area (Å²) in [6, 6.07) is -0.940. The second-order valence-electron chi connectivity index (χ2n) is 20.7. The largest absolute Gasteiger partial charge is 0.394 e. The van der Waals surface area contributed by atoms with E-state index in [4.69, 9.17) is 18.9 Å². The average Bonchev–Trinajstić information content (AvgIpc) is 3.41. The molecule has 0 saturated carbocycles. The molecule has 0 aliphatic carbocycles. The minimum absolute atomic E-state index is 0.258.